The summed E-state index contributed by atoms with van der Waals surface area (Å²) < 4.78 is 0.872. The molecule has 0 atom stereocenters. The highest BCUT2D eigenvalue weighted by molar-refractivity contribution is 8.01. The lowest BCUT2D eigenvalue weighted by molar-refractivity contribution is -0.113. The van der Waals surface area contributed by atoms with Crippen molar-refractivity contribution in [3.8, 4) is 0 Å². The van der Waals surface area contributed by atoms with E-state index in [0.717, 1.165) is 10.1 Å². The molecule has 1 amide bonds. The molecule has 0 unspecified atom stereocenters. The minimum absolute atomic E-state index is 0.160. The first-order valence-electron chi connectivity index (χ1n) is 3.63. The molecule has 1 aromatic rings. The molecular weight excluding hydrogens is 226 g/mol. The van der Waals surface area contributed by atoms with Gasteiger partial charge in [0.15, 0.2) is 4.34 Å². The van der Waals surface area contributed by atoms with Crippen LogP contribution in [0.1, 0.15) is 6.92 Å². The first-order valence-corrected chi connectivity index (χ1v) is 6.06. The molecule has 4 nitrogen and oxygen atoms in total. The molecule has 0 fully saturated rings. The molecule has 13 heavy (non-hydrogen) atoms. The van der Waals surface area contributed by atoms with Crippen LogP contribution in [0.2, 0.25) is 0 Å². The van der Waals surface area contributed by atoms with Crippen molar-refractivity contribution in [3.63, 3.8) is 0 Å². The number of nitrogens with one attached hydrogen (secondary N) is 1. The predicted octanol–water partition coefficient (Wildman–Crippen LogP) is 1.52. The Bertz CT molecular complexity index is 288. The van der Waals surface area contributed by atoms with Gasteiger partial charge >= 0.3 is 0 Å². The fourth-order valence-electron chi connectivity index (χ4n) is 0.601. The van der Waals surface area contributed by atoms with Gasteiger partial charge < -0.3 is 0 Å². The number of thiol groups is 1. The number of hydrogen-bond acceptors (Lipinski definition) is 6. The summed E-state index contributed by atoms with van der Waals surface area (Å²) in [6.45, 7) is 2.04. The van der Waals surface area contributed by atoms with Crippen molar-refractivity contribution in [1.29, 1.82) is 0 Å². The maximum atomic E-state index is 10.9. The normalized spacial score (nSPS) is 10.0. The van der Waals surface area contributed by atoms with Crippen LogP contribution in [0.15, 0.2) is 4.34 Å². The van der Waals surface area contributed by atoms with Gasteiger partial charge in [0.25, 0.3) is 0 Å². The number of amides is 1. The Balaban J connectivity index is 2.53. The summed E-state index contributed by atoms with van der Waals surface area (Å²) in [4.78, 5) is 10.9. The molecule has 0 aromatic carbocycles. The summed E-state index contributed by atoms with van der Waals surface area (Å²) in [5, 5.41) is 10.8. The third-order valence-corrected chi connectivity index (χ3v) is 3.21. The molecule has 0 aliphatic rings. The predicted molar refractivity (Wildman–Crippen MR) is 58.8 cm³/mol. The fraction of sp³-hybridized carbons (Fsp3) is 0.500. The summed E-state index contributed by atoms with van der Waals surface area (Å²) >= 11 is 6.81. The second-order valence-corrected chi connectivity index (χ2v) is 4.82. The van der Waals surface area contributed by atoms with Crippen LogP contribution in [-0.4, -0.2) is 27.6 Å². The molecule has 0 radical (unpaired) electrons. The fourth-order valence-corrected chi connectivity index (χ4v) is 2.35. The lowest BCUT2D eigenvalue weighted by Gasteiger charge is -1.93. The number of carbonyl (C=O) groups excluding carboxylic acids is 1. The third kappa shape index (κ3) is 3.53. The topological polar surface area (TPSA) is 54.9 Å². The van der Waals surface area contributed by atoms with Crippen molar-refractivity contribution in [2.45, 2.75) is 11.3 Å². The number of nitrogens with zero attached hydrogens (tertiary/aromatic N) is 2. The van der Waals surface area contributed by atoms with Gasteiger partial charge in [-0.2, -0.15) is 12.6 Å². The molecule has 7 heteroatoms. The Morgan fingerprint density at radius 2 is 2.46 bits per heavy atom. The van der Waals surface area contributed by atoms with Crippen LogP contribution >= 0.6 is 35.7 Å². The molecule has 0 aliphatic heterocycles. The quantitative estimate of drug-likeness (QED) is 0.472. The van der Waals surface area contributed by atoms with Gasteiger partial charge in [0.05, 0.1) is 5.75 Å². The Hall–Kier alpha value is -0.270. The molecule has 72 valence electrons. The number of aromatic nitrogens is 2. The van der Waals surface area contributed by atoms with E-state index in [4.69, 9.17) is 0 Å². The van der Waals surface area contributed by atoms with E-state index in [1.165, 1.54) is 11.3 Å². The van der Waals surface area contributed by atoms with Gasteiger partial charge in [0.1, 0.15) is 0 Å². The lowest BCUT2D eigenvalue weighted by atomic mass is 10.7. The van der Waals surface area contributed by atoms with Gasteiger partial charge in [-0.1, -0.05) is 30.0 Å². The average molecular weight is 235 g/mol. The second kappa shape index (κ2) is 5.46. The van der Waals surface area contributed by atoms with E-state index in [0.29, 0.717) is 5.13 Å². The van der Waals surface area contributed by atoms with Crippen LogP contribution in [0, 0.1) is 0 Å². The Morgan fingerprint density at radius 3 is 3.08 bits per heavy atom. The zero-order valence-electron chi connectivity index (χ0n) is 6.98. The van der Waals surface area contributed by atoms with E-state index in [1.54, 1.807) is 11.8 Å². The summed E-state index contributed by atoms with van der Waals surface area (Å²) in [6, 6.07) is 0. The Kier molecular flexibility index (Phi) is 4.54. The monoisotopic (exact) mass is 235 g/mol. The average Bonchev–Trinajstić information content (AvgIpc) is 2.53. The van der Waals surface area contributed by atoms with Crippen LogP contribution in [0.5, 0.6) is 0 Å². The molecule has 0 aliphatic carbocycles. The van der Waals surface area contributed by atoms with Gasteiger partial charge in [-0.05, 0) is 5.75 Å². The van der Waals surface area contributed by atoms with E-state index in [1.807, 2.05) is 6.92 Å². The second-order valence-electron chi connectivity index (χ2n) is 2.01. The van der Waals surface area contributed by atoms with E-state index < -0.39 is 0 Å². The van der Waals surface area contributed by atoms with Crippen molar-refractivity contribution in [1.82, 2.24) is 10.2 Å². The zero-order valence-corrected chi connectivity index (χ0v) is 9.51. The van der Waals surface area contributed by atoms with Gasteiger partial charge in [-0.15, -0.1) is 10.2 Å². The van der Waals surface area contributed by atoms with Crippen molar-refractivity contribution in [2.24, 2.45) is 0 Å². The highest BCUT2D eigenvalue weighted by Gasteiger charge is 2.05. The third-order valence-electron chi connectivity index (χ3n) is 1.06. The van der Waals surface area contributed by atoms with Crippen LogP contribution in [-0.2, 0) is 4.79 Å². The first-order chi connectivity index (χ1) is 6.26. The van der Waals surface area contributed by atoms with Crippen molar-refractivity contribution in [2.75, 3.05) is 16.8 Å². The van der Waals surface area contributed by atoms with Gasteiger partial charge in [-0.3, -0.25) is 10.1 Å². The largest absolute Gasteiger partial charge is 0.300 e. The van der Waals surface area contributed by atoms with Crippen LogP contribution in [0.4, 0.5) is 5.13 Å². The minimum Gasteiger partial charge on any atom is -0.300 e. The van der Waals surface area contributed by atoms with Crippen molar-refractivity contribution >= 4 is 46.8 Å². The number of hydrogen-bond donors (Lipinski definition) is 2. The van der Waals surface area contributed by atoms with Gasteiger partial charge in [0.2, 0.25) is 11.0 Å². The molecule has 0 bridgehead atoms. The van der Waals surface area contributed by atoms with Crippen LogP contribution < -0.4 is 5.32 Å². The SMILES string of the molecule is CCSc1nnc(NC(=O)CS)s1. The summed E-state index contributed by atoms with van der Waals surface area (Å²) in [7, 11) is 0. The Morgan fingerprint density at radius 1 is 1.69 bits per heavy atom. The number of thioether (sulfide) groups is 1. The standard InChI is InChI=1S/C6H9N3OS3/c1-2-12-6-9-8-5(13-6)7-4(10)3-11/h11H,2-3H2,1H3,(H,7,8,10). The highest BCUT2D eigenvalue weighted by Crippen LogP contribution is 2.24. The molecule has 1 N–H and O–H groups in total. The van der Waals surface area contributed by atoms with Crippen LogP contribution in [0.3, 0.4) is 0 Å². The maximum absolute atomic E-state index is 10.9. The number of anilines is 1. The smallest absolute Gasteiger partial charge is 0.235 e. The number of carbonyl (C=O) groups is 1. The molecule has 1 rings (SSSR count). The summed E-state index contributed by atoms with van der Waals surface area (Å²) in [5.74, 6) is 0.956. The van der Waals surface area contributed by atoms with Gasteiger partial charge in [0, 0.05) is 0 Å². The molecule has 1 heterocycles. The molecule has 0 spiro atoms. The summed E-state index contributed by atoms with van der Waals surface area (Å²) in [5.41, 5.74) is 0. The highest BCUT2D eigenvalue weighted by atomic mass is 32.2. The van der Waals surface area contributed by atoms with E-state index in [-0.39, 0.29) is 11.7 Å². The zero-order chi connectivity index (χ0) is 9.68. The summed E-state index contributed by atoms with van der Waals surface area (Å²) in [6.07, 6.45) is 0. The Labute approximate surface area is 89.9 Å². The molecule has 1 aromatic heterocycles. The van der Waals surface area contributed by atoms with Gasteiger partial charge in [-0.25, -0.2) is 0 Å². The lowest BCUT2D eigenvalue weighted by Crippen LogP contribution is -2.12. The molecule has 0 saturated heterocycles. The molecular formula is C6H9N3OS3. The minimum atomic E-state index is -0.160. The van der Waals surface area contributed by atoms with Crippen molar-refractivity contribution < 1.29 is 4.79 Å². The molecule has 0 saturated carbocycles. The van der Waals surface area contributed by atoms with E-state index in [2.05, 4.69) is 28.1 Å². The van der Waals surface area contributed by atoms with E-state index >= 15 is 0 Å². The van der Waals surface area contributed by atoms with Crippen molar-refractivity contribution in [3.05, 3.63) is 0 Å². The number of rotatable bonds is 4. The van der Waals surface area contributed by atoms with Crippen LogP contribution in [0.25, 0.3) is 0 Å². The first kappa shape index (κ1) is 10.8. The maximum Gasteiger partial charge on any atom is 0.235 e. The van der Waals surface area contributed by atoms with E-state index in [9.17, 15) is 4.79 Å².